The third-order valence-electron chi connectivity index (χ3n) is 5.75. The Morgan fingerprint density at radius 1 is 1.03 bits per heavy atom. The molecule has 1 atom stereocenters. The van der Waals surface area contributed by atoms with Gasteiger partial charge in [-0.05, 0) is 42.3 Å². The lowest BCUT2D eigenvalue weighted by Crippen LogP contribution is -3.11. The minimum absolute atomic E-state index is 0.269. The third-order valence-corrected chi connectivity index (χ3v) is 5.75. The summed E-state index contributed by atoms with van der Waals surface area (Å²) in [5.41, 5.74) is 5.13. The van der Waals surface area contributed by atoms with Gasteiger partial charge in [-0.15, -0.1) is 0 Å². The molecule has 0 fully saturated rings. The second-order valence-corrected chi connectivity index (χ2v) is 7.79. The number of nitrogens with zero attached hydrogens (tertiary/aromatic N) is 1. The highest BCUT2D eigenvalue weighted by Crippen LogP contribution is 2.31. The lowest BCUT2D eigenvalue weighted by molar-refractivity contribution is -0.946. The van der Waals surface area contributed by atoms with Crippen molar-refractivity contribution < 1.29 is 14.1 Å². The Labute approximate surface area is 174 Å². The largest absolute Gasteiger partial charge is 0.445 e. The molecule has 5 rings (SSSR count). The van der Waals surface area contributed by atoms with E-state index in [0.29, 0.717) is 24.3 Å². The summed E-state index contributed by atoms with van der Waals surface area (Å²) in [6.45, 7) is 4.05. The Bertz CT molecular complexity index is 1250. The number of nitrogens with one attached hydrogen (secondary N) is 1. The number of quaternary nitrogens is 1. The maximum Gasteiger partial charge on any atom is 0.340 e. The molecule has 0 saturated heterocycles. The molecule has 1 aliphatic heterocycles. The van der Waals surface area contributed by atoms with Crippen molar-refractivity contribution in [1.29, 1.82) is 0 Å². The van der Waals surface area contributed by atoms with E-state index in [2.05, 4.69) is 4.98 Å². The number of ether oxygens (including phenoxy) is 1. The monoisotopic (exact) mass is 399 g/mol. The van der Waals surface area contributed by atoms with Gasteiger partial charge in [0.2, 0.25) is 6.73 Å². The van der Waals surface area contributed by atoms with Crippen LogP contribution >= 0.6 is 0 Å². The average Bonchev–Trinajstić information content (AvgIpc) is 2.78. The first-order chi connectivity index (χ1) is 14.7. The Kier molecular flexibility index (Phi) is 4.81. The van der Waals surface area contributed by atoms with Crippen LogP contribution in [0.5, 0.6) is 5.75 Å². The van der Waals surface area contributed by atoms with Crippen molar-refractivity contribution in [3.05, 3.63) is 105 Å². The normalized spacial score (nSPS) is 15.6. The zero-order chi connectivity index (χ0) is 20.5. The first-order valence-corrected chi connectivity index (χ1v) is 10.2. The van der Waals surface area contributed by atoms with E-state index in [1.54, 1.807) is 6.20 Å². The van der Waals surface area contributed by atoms with Crippen molar-refractivity contribution in [3.8, 4) is 5.75 Å². The van der Waals surface area contributed by atoms with Crippen LogP contribution in [0.1, 0.15) is 27.9 Å². The van der Waals surface area contributed by atoms with Gasteiger partial charge < -0.3 is 9.15 Å². The van der Waals surface area contributed by atoms with E-state index in [-0.39, 0.29) is 5.63 Å². The number of rotatable bonds is 4. The van der Waals surface area contributed by atoms with E-state index in [1.807, 2.05) is 67.6 Å². The zero-order valence-electron chi connectivity index (χ0n) is 16.9. The van der Waals surface area contributed by atoms with Crippen molar-refractivity contribution in [2.75, 3.05) is 6.73 Å². The number of aromatic nitrogens is 1. The molecule has 0 radical (unpaired) electrons. The fourth-order valence-corrected chi connectivity index (χ4v) is 4.15. The van der Waals surface area contributed by atoms with Crippen molar-refractivity contribution >= 4 is 11.0 Å². The van der Waals surface area contributed by atoms with Crippen molar-refractivity contribution in [3.63, 3.8) is 0 Å². The van der Waals surface area contributed by atoms with Gasteiger partial charge in [-0.1, -0.05) is 36.4 Å². The number of aryl methyl sites for hydroxylation is 1. The average molecular weight is 399 g/mol. The van der Waals surface area contributed by atoms with E-state index in [1.165, 1.54) is 4.90 Å². The van der Waals surface area contributed by atoms with Crippen LogP contribution in [0, 0.1) is 6.92 Å². The lowest BCUT2D eigenvalue weighted by Gasteiger charge is -2.26. The van der Waals surface area contributed by atoms with Crippen molar-refractivity contribution in [2.45, 2.75) is 26.4 Å². The summed E-state index contributed by atoms with van der Waals surface area (Å²) in [6, 6.07) is 19.9. The molecule has 1 unspecified atom stereocenters. The van der Waals surface area contributed by atoms with E-state index < -0.39 is 0 Å². The van der Waals surface area contributed by atoms with Crippen molar-refractivity contribution in [1.82, 2.24) is 4.98 Å². The second kappa shape index (κ2) is 7.76. The lowest BCUT2D eigenvalue weighted by atomic mass is 9.98. The van der Waals surface area contributed by atoms with Gasteiger partial charge in [0.25, 0.3) is 0 Å². The quantitative estimate of drug-likeness (QED) is 0.536. The van der Waals surface area contributed by atoms with E-state index in [0.717, 1.165) is 46.6 Å². The van der Waals surface area contributed by atoms with Gasteiger partial charge in [-0.2, -0.15) is 0 Å². The summed E-state index contributed by atoms with van der Waals surface area (Å²) >= 11 is 0. The van der Waals surface area contributed by atoms with Crippen LogP contribution in [-0.4, -0.2) is 11.7 Å². The predicted octanol–water partition coefficient (Wildman–Crippen LogP) is 3.02. The summed E-state index contributed by atoms with van der Waals surface area (Å²) in [6.07, 6.45) is 2.37. The van der Waals surface area contributed by atoms with Gasteiger partial charge in [0.05, 0.1) is 11.3 Å². The summed E-state index contributed by atoms with van der Waals surface area (Å²) < 4.78 is 11.9. The minimum Gasteiger partial charge on any atom is -0.445 e. The van der Waals surface area contributed by atoms with Crippen LogP contribution in [0.4, 0.5) is 0 Å². The van der Waals surface area contributed by atoms with Crippen LogP contribution < -0.4 is 15.3 Å². The minimum atomic E-state index is -0.269. The summed E-state index contributed by atoms with van der Waals surface area (Å²) in [7, 11) is 0. The summed E-state index contributed by atoms with van der Waals surface area (Å²) in [5.74, 6) is 0.797. The Morgan fingerprint density at radius 2 is 1.87 bits per heavy atom. The molecule has 4 aromatic rings. The molecule has 0 saturated carbocycles. The zero-order valence-corrected chi connectivity index (χ0v) is 16.9. The van der Waals surface area contributed by atoms with Crippen LogP contribution in [0.25, 0.3) is 11.0 Å². The smallest absolute Gasteiger partial charge is 0.340 e. The predicted molar refractivity (Wildman–Crippen MR) is 115 cm³/mol. The van der Waals surface area contributed by atoms with Crippen LogP contribution in [0.3, 0.4) is 0 Å². The number of pyridine rings is 1. The molecule has 2 aromatic carbocycles. The van der Waals surface area contributed by atoms with Gasteiger partial charge in [0.1, 0.15) is 18.8 Å². The highest BCUT2D eigenvalue weighted by atomic mass is 16.5. The topological polar surface area (TPSA) is 56.8 Å². The van der Waals surface area contributed by atoms with Gasteiger partial charge in [-0.3, -0.25) is 9.88 Å². The van der Waals surface area contributed by atoms with Gasteiger partial charge in [0, 0.05) is 23.6 Å². The second-order valence-electron chi connectivity index (χ2n) is 7.79. The Hall–Kier alpha value is -3.44. The first kappa shape index (κ1) is 18.6. The molecule has 1 aliphatic rings. The molecular formula is C25H23N2O3+. The maximum absolute atomic E-state index is 12.9. The molecular weight excluding hydrogens is 376 g/mol. The van der Waals surface area contributed by atoms with Gasteiger partial charge in [-0.25, -0.2) is 4.79 Å². The van der Waals surface area contributed by atoms with Crippen LogP contribution in [0.15, 0.2) is 76.1 Å². The standard InChI is InChI=1S/C25H22N2O3/c1-17-20-10-11-23-22(15-27(16-29-23)14-19-9-5-6-12-26-19)24(20)30-25(28)21(17)13-18-7-3-2-4-8-18/h2-12H,13-16H2,1H3/p+1. The molecule has 30 heavy (non-hydrogen) atoms. The number of hydrogen-bond acceptors (Lipinski definition) is 4. The molecule has 1 N–H and O–H groups in total. The fourth-order valence-electron chi connectivity index (χ4n) is 4.15. The molecule has 150 valence electrons. The highest BCUT2D eigenvalue weighted by Gasteiger charge is 2.26. The molecule has 0 aliphatic carbocycles. The van der Waals surface area contributed by atoms with Crippen LogP contribution in [-0.2, 0) is 19.5 Å². The Balaban J connectivity index is 1.52. The molecule has 0 amide bonds. The molecule has 2 aromatic heterocycles. The third kappa shape index (κ3) is 3.48. The van der Waals surface area contributed by atoms with Crippen LogP contribution in [0.2, 0.25) is 0 Å². The van der Waals surface area contributed by atoms with E-state index in [4.69, 9.17) is 9.15 Å². The van der Waals surface area contributed by atoms with Gasteiger partial charge in [0.15, 0.2) is 5.58 Å². The SMILES string of the molecule is Cc1c(Cc2ccccc2)c(=O)oc2c3c(ccc12)OC[NH+](Cc1ccccn1)C3. The molecule has 0 spiro atoms. The molecule has 5 heteroatoms. The number of hydrogen-bond donors (Lipinski definition) is 1. The molecule has 3 heterocycles. The van der Waals surface area contributed by atoms with E-state index >= 15 is 0 Å². The summed E-state index contributed by atoms with van der Waals surface area (Å²) in [5, 5.41) is 0.974. The Morgan fingerprint density at radius 3 is 2.67 bits per heavy atom. The fraction of sp³-hybridized carbons (Fsp3) is 0.200. The maximum atomic E-state index is 12.9. The number of benzene rings is 2. The van der Waals surface area contributed by atoms with Crippen molar-refractivity contribution in [2.24, 2.45) is 0 Å². The molecule has 5 nitrogen and oxygen atoms in total. The van der Waals surface area contributed by atoms with Gasteiger partial charge >= 0.3 is 5.63 Å². The van der Waals surface area contributed by atoms with E-state index in [9.17, 15) is 4.79 Å². The molecule has 0 bridgehead atoms. The number of fused-ring (bicyclic) bond motifs is 3. The highest BCUT2D eigenvalue weighted by molar-refractivity contribution is 5.86. The first-order valence-electron chi connectivity index (χ1n) is 10.2. The summed E-state index contributed by atoms with van der Waals surface area (Å²) in [4.78, 5) is 18.5.